The number of ether oxygens (including phenoxy) is 2. The number of sulfone groups is 1. The Bertz CT molecular complexity index is 814. The Labute approximate surface area is 153 Å². The van der Waals surface area contributed by atoms with Gasteiger partial charge in [0.05, 0.1) is 39.9 Å². The van der Waals surface area contributed by atoms with Crippen LogP contribution in [0.4, 0.5) is 0 Å². The summed E-state index contributed by atoms with van der Waals surface area (Å²) in [7, 11) is -3.47. The van der Waals surface area contributed by atoms with E-state index < -0.39 is 9.84 Å². The van der Waals surface area contributed by atoms with Crippen molar-refractivity contribution in [3.63, 3.8) is 0 Å². The quantitative estimate of drug-likeness (QED) is 0.754. The van der Waals surface area contributed by atoms with E-state index in [1.54, 1.807) is 0 Å². The maximum absolute atomic E-state index is 12.7. The predicted octanol–water partition coefficient (Wildman–Crippen LogP) is 3.82. The highest BCUT2D eigenvalue weighted by atomic mass is 32.2. The highest BCUT2D eigenvalue weighted by Gasteiger charge is 2.54. The lowest BCUT2D eigenvalue weighted by atomic mass is 9.86. The number of thiazole rings is 1. The van der Waals surface area contributed by atoms with Crippen LogP contribution in [0.15, 0.2) is 28.6 Å². The van der Waals surface area contributed by atoms with E-state index in [9.17, 15) is 8.42 Å². The molecule has 0 radical (unpaired) electrons. The van der Waals surface area contributed by atoms with Gasteiger partial charge in [-0.1, -0.05) is 26.0 Å². The highest BCUT2D eigenvalue weighted by Crippen LogP contribution is 2.46. The third-order valence-electron chi connectivity index (χ3n) is 4.33. The van der Waals surface area contributed by atoms with Gasteiger partial charge in [0, 0.05) is 12.8 Å². The minimum absolute atomic E-state index is 0.0403. The standard InChI is InChI=1S/C16H19NO4S2.C2H6/c1-15(2)9-16(10-20-16)7-11(21-15)8-23(18,19)14-17-12-5-3-4-6-13(12)22-14;1-2/h3-6,11H,7-10H2,1-2H3;1-2H3. The maximum Gasteiger partial charge on any atom is 0.210 e. The van der Waals surface area contributed by atoms with E-state index in [-0.39, 0.29) is 27.4 Å². The van der Waals surface area contributed by atoms with E-state index in [2.05, 4.69) is 4.98 Å². The summed E-state index contributed by atoms with van der Waals surface area (Å²) >= 11 is 1.22. The van der Waals surface area contributed by atoms with Gasteiger partial charge < -0.3 is 9.47 Å². The van der Waals surface area contributed by atoms with Gasteiger partial charge in [0.2, 0.25) is 14.2 Å². The number of fused-ring (bicyclic) bond motifs is 1. The lowest BCUT2D eigenvalue weighted by Crippen LogP contribution is -2.46. The van der Waals surface area contributed by atoms with Gasteiger partial charge in [-0.3, -0.25) is 0 Å². The van der Waals surface area contributed by atoms with Crippen LogP contribution in [0.1, 0.15) is 40.5 Å². The molecular weight excluding hydrogens is 358 g/mol. The van der Waals surface area contributed by atoms with Gasteiger partial charge in [-0.05, 0) is 26.0 Å². The first kappa shape index (κ1) is 18.8. The van der Waals surface area contributed by atoms with E-state index in [1.807, 2.05) is 52.0 Å². The molecule has 2 atom stereocenters. The van der Waals surface area contributed by atoms with E-state index in [4.69, 9.17) is 9.47 Å². The molecule has 1 aromatic carbocycles. The molecule has 138 valence electrons. The number of aromatic nitrogens is 1. The molecule has 0 amide bonds. The molecule has 7 heteroatoms. The SMILES string of the molecule is CC.CC1(C)CC2(CO2)CC(CS(=O)(=O)c2nc3ccccc3s2)O1. The van der Waals surface area contributed by atoms with Crippen molar-refractivity contribution in [2.24, 2.45) is 0 Å². The molecular formula is C18H25NO4S2. The van der Waals surface area contributed by atoms with Gasteiger partial charge in [0.1, 0.15) is 0 Å². The Morgan fingerprint density at radius 2 is 1.96 bits per heavy atom. The average molecular weight is 384 g/mol. The van der Waals surface area contributed by atoms with Crippen LogP contribution in [0.3, 0.4) is 0 Å². The third-order valence-corrected chi connectivity index (χ3v) is 7.61. The molecule has 1 aromatic heterocycles. The van der Waals surface area contributed by atoms with E-state index in [0.717, 1.165) is 16.6 Å². The zero-order valence-electron chi connectivity index (χ0n) is 15.1. The molecule has 4 rings (SSSR count). The Morgan fingerprint density at radius 1 is 1.28 bits per heavy atom. The van der Waals surface area contributed by atoms with E-state index in [0.29, 0.717) is 13.0 Å². The third kappa shape index (κ3) is 4.05. The van der Waals surface area contributed by atoms with Crippen molar-refractivity contribution in [2.75, 3.05) is 12.4 Å². The molecule has 0 aliphatic carbocycles. The Hall–Kier alpha value is -1.02. The molecule has 0 bridgehead atoms. The first-order valence-electron chi connectivity index (χ1n) is 8.67. The lowest BCUT2D eigenvalue weighted by Gasteiger charge is -2.39. The summed E-state index contributed by atoms with van der Waals surface area (Å²) < 4.78 is 38.1. The van der Waals surface area contributed by atoms with Crippen molar-refractivity contribution in [3.8, 4) is 0 Å². The van der Waals surface area contributed by atoms with Gasteiger partial charge in [-0.25, -0.2) is 13.4 Å². The van der Waals surface area contributed by atoms with Crippen LogP contribution < -0.4 is 0 Å². The fourth-order valence-electron chi connectivity index (χ4n) is 3.51. The van der Waals surface area contributed by atoms with Gasteiger partial charge in [0.15, 0.2) is 0 Å². The molecule has 25 heavy (non-hydrogen) atoms. The number of hydrogen-bond acceptors (Lipinski definition) is 6. The first-order valence-corrected chi connectivity index (χ1v) is 11.1. The van der Waals surface area contributed by atoms with Crippen LogP contribution in [0.25, 0.3) is 10.2 Å². The number of rotatable bonds is 3. The van der Waals surface area contributed by atoms with Crippen molar-refractivity contribution in [1.29, 1.82) is 0 Å². The molecule has 2 unspecified atom stereocenters. The summed E-state index contributed by atoms with van der Waals surface area (Å²) in [6.07, 6.45) is 1.11. The molecule has 2 saturated heterocycles. The average Bonchev–Trinajstić information content (AvgIpc) is 3.11. The fraction of sp³-hybridized carbons (Fsp3) is 0.611. The van der Waals surface area contributed by atoms with Crippen LogP contribution in [0.5, 0.6) is 0 Å². The smallest absolute Gasteiger partial charge is 0.210 e. The summed E-state index contributed by atoms with van der Waals surface area (Å²) in [6, 6.07) is 7.47. The predicted molar refractivity (Wildman–Crippen MR) is 99.9 cm³/mol. The van der Waals surface area contributed by atoms with Gasteiger partial charge in [-0.2, -0.15) is 0 Å². The molecule has 2 fully saturated rings. The zero-order chi connectivity index (χ0) is 18.3. The number of para-hydroxylation sites is 1. The number of nitrogens with zero attached hydrogens (tertiary/aromatic N) is 1. The second-order valence-electron chi connectivity index (χ2n) is 7.08. The molecule has 3 heterocycles. The largest absolute Gasteiger partial charge is 0.371 e. The normalized spacial score (nSPS) is 27.8. The van der Waals surface area contributed by atoms with Crippen molar-refractivity contribution in [3.05, 3.63) is 24.3 Å². The molecule has 2 aliphatic heterocycles. The minimum atomic E-state index is -3.47. The molecule has 2 aromatic rings. The minimum Gasteiger partial charge on any atom is -0.371 e. The monoisotopic (exact) mass is 383 g/mol. The maximum atomic E-state index is 12.7. The molecule has 0 N–H and O–H groups in total. The van der Waals surface area contributed by atoms with Crippen molar-refractivity contribution >= 4 is 31.4 Å². The molecule has 5 nitrogen and oxygen atoms in total. The van der Waals surface area contributed by atoms with Crippen LogP contribution >= 0.6 is 11.3 Å². The first-order chi connectivity index (χ1) is 11.8. The Morgan fingerprint density at radius 3 is 2.60 bits per heavy atom. The molecule has 0 saturated carbocycles. The topological polar surface area (TPSA) is 68.8 Å². The van der Waals surface area contributed by atoms with Crippen molar-refractivity contribution < 1.29 is 17.9 Å². The van der Waals surface area contributed by atoms with E-state index in [1.165, 1.54) is 11.3 Å². The van der Waals surface area contributed by atoms with Crippen LogP contribution in [-0.4, -0.2) is 43.1 Å². The van der Waals surface area contributed by atoms with E-state index >= 15 is 0 Å². The van der Waals surface area contributed by atoms with Gasteiger partial charge in [-0.15, -0.1) is 11.3 Å². The number of benzene rings is 1. The summed E-state index contributed by atoms with van der Waals surface area (Å²) in [5, 5.41) is 0. The highest BCUT2D eigenvalue weighted by molar-refractivity contribution is 7.93. The summed E-state index contributed by atoms with van der Waals surface area (Å²) in [6.45, 7) is 8.69. The zero-order valence-corrected chi connectivity index (χ0v) is 16.7. The van der Waals surface area contributed by atoms with Gasteiger partial charge >= 0.3 is 0 Å². The summed E-state index contributed by atoms with van der Waals surface area (Å²) in [4.78, 5) is 4.28. The van der Waals surface area contributed by atoms with Crippen molar-refractivity contribution in [2.45, 2.75) is 62.2 Å². The second kappa shape index (κ2) is 6.61. The second-order valence-corrected chi connectivity index (χ2v) is 10.3. The Balaban J connectivity index is 0.000000880. The Kier molecular flexibility index (Phi) is 4.96. The fourth-order valence-corrected chi connectivity index (χ4v) is 6.25. The van der Waals surface area contributed by atoms with Crippen LogP contribution in [0, 0.1) is 0 Å². The molecule has 1 spiro atoms. The summed E-state index contributed by atoms with van der Waals surface area (Å²) in [5.41, 5.74) is 0.195. The van der Waals surface area contributed by atoms with Gasteiger partial charge in [0.25, 0.3) is 0 Å². The molecule has 2 aliphatic rings. The summed E-state index contributed by atoms with van der Waals surface area (Å²) in [5.74, 6) is -0.0403. The van der Waals surface area contributed by atoms with Crippen LogP contribution in [0.2, 0.25) is 0 Å². The number of epoxide rings is 1. The van der Waals surface area contributed by atoms with Crippen molar-refractivity contribution in [1.82, 2.24) is 4.98 Å². The number of hydrogen-bond donors (Lipinski definition) is 0. The lowest BCUT2D eigenvalue weighted by molar-refractivity contribution is -0.121. The van der Waals surface area contributed by atoms with Crippen LogP contribution in [-0.2, 0) is 19.3 Å².